The molecule has 0 spiro atoms. The number of alkyl halides is 5. The minimum Gasteiger partial charge on any atom is -0.262 e. The van der Waals surface area contributed by atoms with Crippen LogP contribution in [-0.4, -0.2) is 11.2 Å². The highest BCUT2D eigenvalue weighted by molar-refractivity contribution is 5.22. The smallest absolute Gasteiger partial charge is 0.262 e. The molecule has 0 saturated heterocycles. The predicted molar refractivity (Wildman–Crippen MR) is 38.9 cm³/mol. The van der Waals surface area contributed by atoms with Crippen molar-refractivity contribution in [3.8, 4) is 0 Å². The van der Waals surface area contributed by atoms with Crippen LogP contribution >= 0.6 is 0 Å². The fourth-order valence-electron chi connectivity index (χ4n) is 0.905. The molecule has 78 valence electrons. The molecule has 0 N–H and O–H groups in total. The molecule has 0 amide bonds. The molecule has 1 aromatic heterocycles. The van der Waals surface area contributed by atoms with Gasteiger partial charge in [0.05, 0.1) is 0 Å². The number of aromatic nitrogens is 1. The minimum absolute atomic E-state index is 0.117. The highest BCUT2D eigenvalue weighted by Gasteiger charge is 2.58. The zero-order valence-corrected chi connectivity index (χ0v) is 7.07. The Morgan fingerprint density at radius 3 is 2.14 bits per heavy atom. The molecule has 0 bridgehead atoms. The van der Waals surface area contributed by atoms with Gasteiger partial charge in [0.15, 0.2) is 0 Å². The fourth-order valence-corrected chi connectivity index (χ4v) is 0.905. The van der Waals surface area contributed by atoms with E-state index >= 15 is 0 Å². The van der Waals surface area contributed by atoms with E-state index in [-0.39, 0.29) is 5.69 Å². The van der Waals surface area contributed by atoms with Gasteiger partial charge in [-0.25, -0.2) is 0 Å². The van der Waals surface area contributed by atoms with Crippen LogP contribution < -0.4 is 0 Å². The average molecular weight is 211 g/mol. The third-order valence-electron chi connectivity index (χ3n) is 1.62. The second-order valence-electron chi connectivity index (χ2n) is 2.76. The Morgan fingerprint density at radius 2 is 1.71 bits per heavy atom. The van der Waals surface area contributed by atoms with E-state index in [1.54, 1.807) is 0 Å². The van der Waals surface area contributed by atoms with E-state index in [2.05, 4.69) is 4.98 Å². The summed E-state index contributed by atoms with van der Waals surface area (Å²) < 4.78 is 61.0. The molecule has 0 unspecified atom stereocenters. The molecule has 0 saturated carbocycles. The van der Waals surface area contributed by atoms with Crippen LogP contribution in [0.15, 0.2) is 18.3 Å². The van der Waals surface area contributed by atoms with Crippen molar-refractivity contribution in [3.63, 3.8) is 0 Å². The lowest BCUT2D eigenvalue weighted by molar-refractivity contribution is -0.289. The highest BCUT2D eigenvalue weighted by atomic mass is 19.4. The van der Waals surface area contributed by atoms with Crippen molar-refractivity contribution in [3.05, 3.63) is 29.6 Å². The molecule has 0 aliphatic rings. The van der Waals surface area contributed by atoms with Gasteiger partial charge in [-0.1, -0.05) is 0 Å². The molecule has 0 aliphatic heterocycles. The van der Waals surface area contributed by atoms with E-state index in [0.29, 0.717) is 12.1 Å². The number of aryl methyl sites for hydroxylation is 1. The molecular formula is C8H6F5N. The van der Waals surface area contributed by atoms with Crippen molar-refractivity contribution in [2.45, 2.75) is 19.0 Å². The highest BCUT2D eigenvalue weighted by Crippen LogP contribution is 2.43. The average Bonchev–Trinajstić information content (AvgIpc) is 2.02. The molecule has 0 fully saturated rings. The first-order chi connectivity index (χ1) is 6.25. The first-order valence-electron chi connectivity index (χ1n) is 3.63. The van der Waals surface area contributed by atoms with Crippen LogP contribution in [-0.2, 0) is 5.92 Å². The van der Waals surface area contributed by atoms with Crippen molar-refractivity contribution >= 4 is 0 Å². The van der Waals surface area contributed by atoms with Gasteiger partial charge in [-0.15, -0.1) is 0 Å². The Morgan fingerprint density at radius 1 is 1.14 bits per heavy atom. The van der Waals surface area contributed by atoms with Crippen molar-refractivity contribution < 1.29 is 22.0 Å². The van der Waals surface area contributed by atoms with E-state index in [0.717, 1.165) is 6.20 Å². The number of hydrogen-bond acceptors (Lipinski definition) is 1. The number of nitrogens with zero attached hydrogens (tertiary/aromatic N) is 1. The maximum atomic E-state index is 12.7. The van der Waals surface area contributed by atoms with Crippen LogP contribution in [0.2, 0.25) is 0 Å². The molecule has 1 heterocycles. The summed E-state index contributed by atoms with van der Waals surface area (Å²) in [7, 11) is 0. The lowest BCUT2D eigenvalue weighted by Gasteiger charge is -2.19. The maximum Gasteiger partial charge on any atom is 0.458 e. The Labute approximate surface area is 76.6 Å². The van der Waals surface area contributed by atoms with Gasteiger partial charge >= 0.3 is 12.1 Å². The van der Waals surface area contributed by atoms with Crippen LogP contribution in [0, 0.1) is 6.92 Å². The summed E-state index contributed by atoms with van der Waals surface area (Å²) in [6.45, 7) is 1.34. The fraction of sp³-hybridized carbons (Fsp3) is 0.375. The van der Waals surface area contributed by atoms with Gasteiger partial charge in [0.2, 0.25) is 0 Å². The monoisotopic (exact) mass is 211 g/mol. The first-order valence-corrected chi connectivity index (χ1v) is 3.63. The molecule has 1 rings (SSSR count). The number of hydrogen-bond donors (Lipinski definition) is 0. The predicted octanol–water partition coefficient (Wildman–Crippen LogP) is 3.04. The summed E-state index contributed by atoms with van der Waals surface area (Å²) in [4.78, 5) is 3.53. The number of rotatable bonds is 1. The Balaban J connectivity index is 3.16. The Hall–Kier alpha value is -1.20. The van der Waals surface area contributed by atoms with E-state index in [9.17, 15) is 22.0 Å². The zero-order valence-electron chi connectivity index (χ0n) is 7.07. The van der Waals surface area contributed by atoms with E-state index in [1.807, 2.05) is 0 Å². The summed E-state index contributed by atoms with van der Waals surface area (Å²) in [5.41, 5.74) is -0.969. The summed E-state index contributed by atoms with van der Waals surface area (Å²) >= 11 is 0. The molecule has 1 aromatic rings. The number of halogens is 5. The molecule has 0 radical (unpaired) electrons. The molecule has 1 nitrogen and oxygen atoms in total. The van der Waals surface area contributed by atoms with Gasteiger partial charge in [0.25, 0.3) is 0 Å². The van der Waals surface area contributed by atoms with Crippen molar-refractivity contribution in [1.29, 1.82) is 0 Å². The largest absolute Gasteiger partial charge is 0.458 e. The number of pyridine rings is 1. The Kier molecular flexibility index (Phi) is 2.47. The zero-order chi connectivity index (χ0) is 11.0. The normalized spacial score (nSPS) is 13.0. The van der Waals surface area contributed by atoms with Crippen LogP contribution in [0.1, 0.15) is 11.3 Å². The first kappa shape index (κ1) is 10.9. The van der Waals surface area contributed by atoms with E-state index in [1.165, 1.54) is 6.92 Å². The minimum atomic E-state index is -5.57. The molecule has 14 heavy (non-hydrogen) atoms. The van der Waals surface area contributed by atoms with E-state index < -0.39 is 17.7 Å². The lowest BCUT2D eigenvalue weighted by atomic mass is 10.1. The molecule has 0 atom stereocenters. The lowest BCUT2D eigenvalue weighted by Crippen LogP contribution is -2.33. The van der Waals surface area contributed by atoms with Crippen molar-refractivity contribution in [2.24, 2.45) is 0 Å². The second-order valence-corrected chi connectivity index (χ2v) is 2.76. The van der Waals surface area contributed by atoms with Gasteiger partial charge < -0.3 is 0 Å². The van der Waals surface area contributed by atoms with Crippen molar-refractivity contribution in [1.82, 2.24) is 4.98 Å². The molecule has 0 aliphatic carbocycles. The van der Waals surface area contributed by atoms with Crippen LogP contribution in [0.5, 0.6) is 0 Å². The second kappa shape index (κ2) is 3.18. The standard InChI is InChI=1S/C8H6F5N/c1-5-4-6(2-3-14-5)7(9,10)8(11,12)13/h2-4H,1H3. The van der Waals surface area contributed by atoms with Crippen molar-refractivity contribution in [2.75, 3.05) is 0 Å². The molecule has 6 heteroatoms. The summed E-state index contributed by atoms with van der Waals surface area (Å²) in [5.74, 6) is -4.82. The van der Waals surface area contributed by atoms with Gasteiger partial charge in [-0.05, 0) is 19.1 Å². The van der Waals surface area contributed by atoms with E-state index in [4.69, 9.17) is 0 Å². The van der Waals surface area contributed by atoms with Gasteiger partial charge in [0.1, 0.15) is 0 Å². The molecular weight excluding hydrogens is 205 g/mol. The van der Waals surface area contributed by atoms with Gasteiger partial charge in [0, 0.05) is 17.5 Å². The summed E-state index contributed by atoms with van der Waals surface area (Å²) in [5, 5.41) is 0. The summed E-state index contributed by atoms with van der Waals surface area (Å²) in [6.07, 6.45) is -4.65. The Bertz CT molecular complexity index is 331. The topological polar surface area (TPSA) is 12.9 Å². The van der Waals surface area contributed by atoms with Crippen LogP contribution in [0.4, 0.5) is 22.0 Å². The van der Waals surface area contributed by atoms with Gasteiger partial charge in [-0.2, -0.15) is 22.0 Å². The van der Waals surface area contributed by atoms with Gasteiger partial charge in [-0.3, -0.25) is 4.98 Å². The van der Waals surface area contributed by atoms with Crippen LogP contribution in [0.3, 0.4) is 0 Å². The SMILES string of the molecule is Cc1cc(C(F)(F)C(F)(F)F)ccn1. The third kappa shape index (κ3) is 1.83. The molecule has 0 aromatic carbocycles. The third-order valence-corrected chi connectivity index (χ3v) is 1.62. The summed E-state index contributed by atoms with van der Waals surface area (Å²) in [6, 6.07) is 1.37. The van der Waals surface area contributed by atoms with Crippen LogP contribution in [0.25, 0.3) is 0 Å². The quantitative estimate of drug-likeness (QED) is 0.650. The maximum absolute atomic E-state index is 12.7.